The van der Waals surface area contributed by atoms with Crippen LogP contribution < -0.4 is 16.0 Å². The molecule has 150 valence electrons. The highest BCUT2D eigenvalue weighted by Gasteiger charge is 2.15. The molecule has 0 bridgehead atoms. The molecule has 2 heterocycles. The van der Waals surface area contributed by atoms with Crippen molar-refractivity contribution < 1.29 is 9.18 Å². The van der Waals surface area contributed by atoms with Crippen molar-refractivity contribution in [1.82, 2.24) is 10.6 Å². The summed E-state index contributed by atoms with van der Waals surface area (Å²) in [7, 11) is 0. The highest BCUT2D eigenvalue weighted by atomic mass is 35.5. The normalized spacial score (nSPS) is 16.8. The molecule has 0 saturated heterocycles. The van der Waals surface area contributed by atoms with E-state index in [0.29, 0.717) is 16.3 Å². The number of rotatable bonds is 4. The van der Waals surface area contributed by atoms with Crippen LogP contribution in [0.2, 0.25) is 5.02 Å². The fraction of sp³-hybridized carbons (Fsp3) is 0.261. The molecular weight excluding hydrogens is 389 g/mol. The molecule has 0 spiro atoms. The molecule has 0 radical (unpaired) electrons. The number of hydrogen-bond acceptors (Lipinski definition) is 3. The molecule has 1 amide bonds. The van der Waals surface area contributed by atoms with Gasteiger partial charge in [-0.3, -0.25) is 4.79 Å². The third kappa shape index (κ3) is 4.58. The van der Waals surface area contributed by atoms with Crippen molar-refractivity contribution in [1.29, 1.82) is 0 Å². The van der Waals surface area contributed by atoms with Gasteiger partial charge in [-0.15, -0.1) is 0 Å². The fourth-order valence-corrected chi connectivity index (χ4v) is 3.91. The van der Waals surface area contributed by atoms with Crippen LogP contribution in [0.5, 0.6) is 0 Å². The molecule has 0 aliphatic carbocycles. The van der Waals surface area contributed by atoms with E-state index in [4.69, 9.17) is 11.6 Å². The number of hydrogen-bond donors (Lipinski definition) is 3. The van der Waals surface area contributed by atoms with Gasteiger partial charge < -0.3 is 16.0 Å². The summed E-state index contributed by atoms with van der Waals surface area (Å²) in [5.74, 6) is -0.768. The van der Waals surface area contributed by atoms with Crippen molar-refractivity contribution in [2.45, 2.75) is 12.8 Å². The minimum atomic E-state index is -0.384. The van der Waals surface area contributed by atoms with Crippen molar-refractivity contribution in [2.75, 3.05) is 31.5 Å². The zero-order chi connectivity index (χ0) is 20.2. The van der Waals surface area contributed by atoms with Gasteiger partial charge in [0.15, 0.2) is 0 Å². The Labute approximate surface area is 174 Å². The first-order valence-electron chi connectivity index (χ1n) is 9.82. The zero-order valence-corrected chi connectivity index (χ0v) is 16.8. The van der Waals surface area contributed by atoms with Gasteiger partial charge >= 0.3 is 0 Å². The van der Waals surface area contributed by atoms with Gasteiger partial charge in [-0.05, 0) is 66.9 Å². The number of benzene rings is 2. The summed E-state index contributed by atoms with van der Waals surface area (Å²) in [4.78, 5) is 12.6. The second-order valence-corrected chi connectivity index (χ2v) is 7.62. The van der Waals surface area contributed by atoms with E-state index in [-0.39, 0.29) is 17.3 Å². The first-order chi connectivity index (χ1) is 14.1. The first kappa shape index (κ1) is 19.8. The number of carbonyl (C=O) groups is 1. The summed E-state index contributed by atoms with van der Waals surface area (Å²) < 4.78 is 14.6. The van der Waals surface area contributed by atoms with Gasteiger partial charge in [-0.25, -0.2) is 4.39 Å². The van der Waals surface area contributed by atoms with Crippen LogP contribution in [0.4, 0.5) is 10.1 Å². The number of nitrogens with one attached hydrogen (secondary N) is 3. The lowest BCUT2D eigenvalue weighted by Gasteiger charge is -2.16. The molecule has 0 fully saturated rings. The summed E-state index contributed by atoms with van der Waals surface area (Å²) in [6.45, 7) is 3.35. The van der Waals surface area contributed by atoms with E-state index in [2.05, 4.69) is 22.0 Å². The molecule has 0 aromatic heterocycles. The zero-order valence-electron chi connectivity index (χ0n) is 16.0. The van der Waals surface area contributed by atoms with Crippen molar-refractivity contribution in [3.63, 3.8) is 0 Å². The lowest BCUT2D eigenvalue weighted by Crippen LogP contribution is -2.20. The number of anilines is 1. The van der Waals surface area contributed by atoms with Crippen LogP contribution in [0.15, 0.2) is 48.6 Å². The average molecular weight is 412 g/mol. The monoisotopic (exact) mass is 411 g/mol. The second kappa shape index (κ2) is 8.91. The molecule has 29 heavy (non-hydrogen) atoms. The fourth-order valence-electron chi connectivity index (χ4n) is 3.68. The predicted molar refractivity (Wildman–Crippen MR) is 117 cm³/mol. The molecule has 2 aromatic rings. The van der Waals surface area contributed by atoms with Gasteiger partial charge in [-0.1, -0.05) is 35.9 Å². The van der Waals surface area contributed by atoms with Crippen LogP contribution in [0, 0.1) is 5.82 Å². The smallest absolute Gasteiger partial charge is 0.255 e. The molecule has 2 aliphatic heterocycles. The highest BCUT2D eigenvalue weighted by Crippen LogP contribution is 2.29. The Morgan fingerprint density at radius 2 is 1.69 bits per heavy atom. The lowest BCUT2D eigenvalue weighted by atomic mass is 9.98. The molecule has 6 heteroatoms. The predicted octanol–water partition coefficient (Wildman–Crippen LogP) is 4.48. The van der Waals surface area contributed by atoms with Gasteiger partial charge in [0.05, 0.1) is 10.7 Å². The molecule has 0 atom stereocenters. The maximum Gasteiger partial charge on any atom is 0.255 e. The maximum absolute atomic E-state index is 14.6. The average Bonchev–Trinajstić information content (AvgIpc) is 2.76. The standard InChI is InChI=1S/C23H23ClFN3O/c24-20-13-17(15-5-9-26-10-6-15)2-4-22(20)28-23(29)18-1-3-19(21(25)14-18)16-7-11-27-12-8-16/h1-5,7,13-14,26-27H,6,8-12H2,(H,28,29). The molecule has 2 aromatic carbocycles. The minimum Gasteiger partial charge on any atom is -0.321 e. The molecule has 4 rings (SSSR count). The number of amides is 1. The molecule has 4 nitrogen and oxygen atoms in total. The van der Waals surface area contributed by atoms with Crippen LogP contribution in [0.3, 0.4) is 0 Å². The lowest BCUT2D eigenvalue weighted by molar-refractivity contribution is 0.102. The quantitative estimate of drug-likeness (QED) is 0.695. The van der Waals surface area contributed by atoms with Gasteiger partial charge in [0.2, 0.25) is 0 Å². The summed E-state index contributed by atoms with van der Waals surface area (Å²) in [5.41, 5.74) is 4.61. The van der Waals surface area contributed by atoms with Crippen LogP contribution in [-0.4, -0.2) is 32.1 Å². The van der Waals surface area contributed by atoms with Gasteiger partial charge in [-0.2, -0.15) is 0 Å². The van der Waals surface area contributed by atoms with E-state index in [1.807, 2.05) is 18.2 Å². The third-order valence-electron chi connectivity index (χ3n) is 5.29. The maximum atomic E-state index is 14.6. The van der Waals surface area contributed by atoms with Gasteiger partial charge in [0.1, 0.15) is 5.82 Å². The summed E-state index contributed by atoms with van der Waals surface area (Å²) in [6.07, 6.45) is 5.85. The number of halogens is 2. The molecule has 3 N–H and O–H groups in total. The molecular formula is C23H23ClFN3O. The largest absolute Gasteiger partial charge is 0.321 e. The molecule has 2 aliphatic rings. The van der Waals surface area contributed by atoms with Crippen molar-refractivity contribution in [3.05, 3.63) is 76.1 Å². The Balaban J connectivity index is 1.50. The topological polar surface area (TPSA) is 53.2 Å². The van der Waals surface area contributed by atoms with Gasteiger partial charge in [0.25, 0.3) is 5.91 Å². The van der Waals surface area contributed by atoms with Crippen molar-refractivity contribution in [3.8, 4) is 0 Å². The Bertz CT molecular complexity index is 1000. The summed E-state index contributed by atoms with van der Waals surface area (Å²) >= 11 is 6.39. The Morgan fingerprint density at radius 1 is 0.966 bits per heavy atom. The minimum absolute atomic E-state index is 0.266. The van der Waals surface area contributed by atoms with E-state index < -0.39 is 0 Å². The van der Waals surface area contributed by atoms with E-state index >= 15 is 0 Å². The molecule has 0 unspecified atom stereocenters. The van der Waals surface area contributed by atoms with E-state index in [1.165, 1.54) is 11.6 Å². The van der Waals surface area contributed by atoms with Crippen LogP contribution in [-0.2, 0) is 0 Å². The third-order valence-corrected chi connectivity index (χ3v) is 5.61. The summed E-state index contributed by atoms with van der Waals surface area (Å²) in [5, 5.41) is 9.74. The van der Waals surface area contributed by atoms with E-state index in [0.717, 1.165) is 50.2 Å². The number of carbonyl (C=O) groups excluding carboxylic acids is 1. The SMILES string of the molecule is O=C(Nc1ccc(C2=CCNCC2)cc1Cl)c1ccc(C2=CCNCC2)c(F)c1. The first-order valence-corrected chi connectivity index (χ1v) is 10.2. The Hall–Kier alpha value is -2.47. The highest BCUT2D eigenvalue weighted by molar-refractivity contribution is 6.34. The van der Waals surface area contributed by atoms with E-state index in [1.54, 1.807) is 18.2 Å². The van der Waals surface area contributed by atoms with Gasteiger partial charge in [0, 0.05) is 24.2 Å². The van der Waals surface area contributed by atoms with Crippen molar-refractivity contribution >= 4 is 34.3 Å². The van der Waals surface area contributed by atoms with Crippen LogP contribution >= 0.6 is 11.6 Å². The molecule has 0 saturated carbocycles. The Kier molecular flexibility index (Phi) is 6.09. The summed E-state index contributed by atoms with van der Waals surface area (Å²) in [6, 6.07) is 10.2. The Morgan fingerprint density at radius 3 is 2.31 bits per heavy atom. The van der Waals surface area contributed by atoms with Crippen LogP contribution in [0.1, 0.15) is 34.3 Å². The van der Waals surface area contributed by atoms with E-state index in [9.17, 15) is 9.18 Å². The second-order valence-electron chi connectivity index (χ2n) is 7.21. The van der Waals surface area contributed by atoms with Crippen LogP contribution in [0.25, 0.3) is 11.1 Å². The van der Waals surface area contributed by atoms with Crippen molar-refractivity contribution in [2.24, 2.45) is 0 Å².